The van der Waals surface area contributed by atoms with Gasteiger partial charge in [-0.25, -0.2) is 14.8 Å². The fourth-order valence-electron chi connectivity index (χ4n) is 2.51. The molecule has 1 aromatic rings. The van der Waals surface area contributed by atoms with Crippen LogP contribution in [0, 0.1) is 5.92 Å². The lowest BCUT2D eigenvalue weighted by molar-refractivity contribution is 0.0691. The number of nitrogens with one attached hydrogen (secondary N) is 1. The van der Waals surface area contributed by atoms with E-state index in [0.29, 0.717) is 11.9 Å². The van der Waals surface area contributed by atoms with Gasteiger partial charge in [-0.15, -0.1) is 0 Å². The molecule has 2 rings (SSSR count). The first kappa shape index (κ1) is 12.8. The summed E-state index contributed by atoms with van der Waals surface area (Å²) in [5.41, 5.74) is 0.00937. The Labute approximate surface area is 107 Å². The molecule has 98 valence electrons. The molecule has 0 atom stereocenters. The van der Waals surface area contributed by atoms with E-state index in [2.05, 4.69) is 22.2 Å². The van der Waals surface area contributed by atoms with E-state index in [-0.39, 0.29) is 5.69 Å². The molecule has 0 spiro atoms. The average molecular weight is 249 g/mol. The van der Waals surface area contributed by atoms with Crippen molar-refractivity contribution in [1.29, 1.82) is 0 Å². The quantitative estimate of drug-likeness (QED) is 0.857. The van der Waals surface area contributed by atoms with Crippen molar-refractivity contribution in [3.05, 3.63) is 18.1 Å². The van der Waals surface area contributed by atoms with Crippen molar-refractivity contribution in [2.75, 3.05) is 5.32 Å². The first-order valence-electron chi connectivity index (χ1n) is 6.51. The largest absolute Gasteiger partial charge is 0.476 e. The van der Waals surface area contributed by atoms with Crippen molar-refractivity contribution in [3.8, 4) is 0 Å². The number of hydrogen-bond donors (Lipinski definition) is 2. The Morgan fingerprint density at radius 3 is 2.61 bits per heavy atom. The Kier molecular flexibility index (Phi) is 4.12. The molecular formula is C13H19N3O2. The van der Waals surface area contributed by atoms with Crippen LogP contribution in [0.25, 0.3) is 0 Å². The van der Waals surface area contributed by atoms with Gasteiger partial charge in [0.15, 0.2) is 11.5 Å². The fourth-order valence-corrected chi connectivity index (χ4v) is 2.51. The lowest BCUT2D eigenvalue weighted by Crippen LogP contribution is -2.27. The molecular weight excluding hydrogens is 230 g/mol. The van der Waals surface area contributed by atoms with Crippen LogP contribution in [0.3, 0.4) is 0 Å². The van der Waals surface area contributed by atoms with Crippen molar-refractivity contribution in [3.63, 3.8) is 0 Å². The minimum absolute atomic E-state index is 0.00937. The predicted octanol–water partition coefficient (Wildman–Crippen LogP) is 2.56. The van der Waals surface area contributed by atoms with Gasteiger partial charge in [-0.05, 0) is 31.6 Å². The van der Waals surface area contributed by atoms with E-state index >= 15 is 0 Å². The minimum atomic E-state index is -1.03. The number of carbonyl (C=O) groups is 1. The molecule has 0 bridgehead atoms. The molecule has 2 N–H and O–H groups in total. The van der Waals surface area contributed by atoms with Gasteiger partial charge < -0.3 is 10.4 Å². The summed E-state index contributed by atoms with van der Waals surface area (Å²) >= 11 is 0. The van der Waals surface area contributed by atoms with Gasteiger partial charge >= 0.3 is 5.97 Å². The second-order valence-corrected chi connectivity index (χ2v) is 4.83. The van der Waals surface area contributed by atoms with Gasteiger partial charge in [-0.1, -0.05) is 13.3 Å². The first-order chi connectivity index (χ1) is 8.70. The topological polar surface area (TPSA) is 75.1 Å². The summed E-state index contributed by atoms with van der Waals surface area (Å²) in [6, 6.07) is 0.322. The summed E-state index contributed by atoms with van der Waals surface area (Å²) in [4.78, 5) is 18.9. The predicted molar refractivity (Wildman–Crippen MR) is 68.7 cm³/mol. The second-order valence-electron chi connectivity index (χ2n) is 4.83. The molecule has 1 heterocycles. The van der Waals surface area contributed by atoms with Gasteiger partial charge in [0.05, 0.1) is 0 Å². The van der Waals surface area contributed by atoms with Crippen LogP contribution < -0.4 is 5.32 Å². The molecule has 1 aliphatic rings. The van der Waals surface area contributed by atoms with Crippen LogP contribution in [0.5, 0.6) is 0 Å². The van der Waals surface area contributed by atoms with Crippen LogP contribution in [-0.4, -0.2) is 27.1 Å². The maximum atomic E-state index is 11.0. The molecule has 0 saturated heterocycles. The molecule has 0 aliphatic heterocycles. The van der Waals surface area contributed by atoms with Crippen LogP contribution >= 0.6 is 0 Å². The van der Waals surface area contributed by atoms with Gasteiger partial charge in [-0.3, -0.25) is 0 Å². The standard InChI is InChI=1S/C13H19N3O2/c1-2-9-3-5-10(6-4-9)16-12-11(13(17)18)14-7-8-15-12/h7-10H,2-6H2,1H3,(H,15,16)(H,17,18). The molecule has 1 aromatic heterocycles. The molecule has 0 unspecified atom stereocenters. The van der Waals surface area contributed by atoms with E-state index in [1.807, 2.05) is 0 Å². The summed E-state index contributed by atoms with van der Waals surface area (Å²) in [5, 5.41) is 12.3. The van der Waals surface area contributed by atoms with Crippen LogP contribution in [0.1, 0.15) is 49.5 Å². The van der Waals surface area contributed by atoms with Gasteiger partial charge in [0, 0.05) is 18.4 Å². The van der Waals surface area contributed by atoms with Crippen LogP contribution in [0.4, 0.5) is 5.82 Å². The lowest BCUT2D eigenvalue weighted by atomic mass is 9.84. The molecule has 0 aromatic carbocycles. The second kappa shape index (κ2) is 5.80. The molecule has 5 nitrogen and oxygen atoms in total. The third-order valence-electron chi connectivity index (χ3n) is 3.67. The highest BCUT2D eigenvalue weighted by Crippen LogP contribution is 2.28. The summed E-state index contributed by atoms with van der Waals surface area (Å²) in [6.07, 6.45) is 8.73. The normalized spacial score (nSPS) is 23.6. The SMILES string of the molecule is CCC1CCC(Nc2nccnc2C(=O)O)CC1. The summed E-state index contributed by atoms with van der Waals surface area (Å²) in [6.45, 7) is 2.23. The maximum Gasteiger partial charge on any atom is 0.358 e. The molecule has 1 saturated carbocycles. The van der Waals surface area contributed by atoms with Crippen molar-refractivity contribution in [2.24, 2.45) is 5.92 Å². The zero-order chi connectivity index (χ0) is 13.0. The van der Waals surface area contributed by atoms with Crippen LogP contribution in [0.2, 0.25) is 0 Å². The van der Waals surface area contributed by atoms with E-state index in [1.165, 1.54) is 31.7 Å². The van der Waals surface area contributed by atoms with Crippen molar-refractivity contribution in [1.82, 2.24) is 9.97 Å². The molecule has 1 aliphatic carbocycles. The summed E-state index contributed by atoms with van der Waals surface area (Å²) < 4.78 is 0. The molecule has 0 amide bonds. The molecule has 0 radical (unpaired) electrons. The average Bonchev–Trinajstić information content (AvgIpc) is 2.40. The van der Waals surface area contributed by atoms with Gasteiger partial charge in [-0.2, -0.15) is 0 Å². The third-order valence-corrected chi connectivity index (χ3v) is 3.67. The number of hydrogen-bond acceptors (Lipinski definition) is 4. The van der Waals surface area contributed by atoms with E-state index in [9.17, 15) is 4.79 Å². The minimum Gasteiger partial charge on any atom is -0.476 e. The number of carboxylic acids is 1. The fraction of sp³-hybridized carbons (Fsp3) is 0.615. The van der Waals surface area contributed by atoms with Crippen LogP contribution in [0.15, 0.2) is 12.4 Å². The zero-order valence-corrected chi connectivity index (χ0v) is 10.6. The van der Waals surface area contributed by atoms with Gasteiger partial charge in [0.25, 0.3) is 0 Å². The lowest BCUT2D eigenvalue weighted by Gasteiger charge is -2.28. The van der Waals surface area contributed by atoms with E-state index in [0.717, 1.165) is 18.8 Å². The highest BCUT2D eigenvalue weighted by atomic mass is 16.4. The Bertz CT molecular complexity index is 414. The monoisotopic (exact) mass is 249 g/mol. The molecule has 5 heteroatoms. The van der Waals surface area contributed by atoms with Crippen molar-refractivity contribution in [2.45, 2.75) is 45.1 Å². The molecule has 1 fully saturated rings. The highest BCUT2D eigenvalue weighted by Gasteiger charge is 2.22. The Morgan fingerprint density at radius 2 is 2.00 bits per heavy atom. The number of carboxylic acid groups (broad SMARTS) is 1. The summed E-state index contributed by atoms with van der Waals surface area (Å²) in [5.74, 6) is 0.182. The van der Waals surface area contributed by atoms with E-state index in [1.54, 1.807) is 0 Å². The number of aromatic carboxylic acids is 1. The van der Waals surface area contributed by atoms with Gasteiger partial charge in [0.1, 0.15) is 0 Å². The third kappa shape index (κ3) is 2.97. The first-order valence-corrected chi connectivity index (χ1v) is 6.51. The number of anilines is 1. The van der Waals surface area contributed by atoms with Crippen LogP contribution in [-0.2, 0) is 0 Å². The number of nitrogens with zero attached hydrogens (tertiary/aromatic N) is 2. The number of rotatable bonds is 4. The van der Waals surface area contributed by atoms with E-state index in [4.69, 9.17) is 5.11 Å². The van der Waals surface area contributed by atoms with Crippen molar-refractivity contribution >= 4 is 11.8 Å². The van der Waals surface area contributed by atoms with E-state index < -0.39 is 5.97 Å². The molecule has 18 heavy (non-hydrogen) atoms. The van der Waals surface area contributed by atoms with Crippen molar-refractivity contribution < 1.29 is 9.90 Å². The summed E-state index contributed by atoms with van der Waals surface area (Å²) in [7, 11) is 0. The number of aromatic nitrogens is 2. The Morgan fingerprint density at radius 1 is 1.33 bits per heavy atom. The zero-order valence-electron chi connectivity index (χ0n) is 10.6. The highest BCUT2D eigenvalue weighted by molar-refractivity contribution is 5.90. The Balaban J connectivity index is 2.00. The maximum absolute atomic E-state index is 11.0. The van der Waals surface area contributed by atoms with Gasteiger partial charge in [0.2, 0.25) is 0 Å². The smallest absolute Gasteiger partial charge is 0.358 e. The Hall–Kier alpha value is -1.65.